The highest BCUT2D eigenvalue weighted by Crippen LogP contribution is 2.34. The first-order chi connectivity index (χ1) is 12.7. The third-order valence-electron chi connectivity index (χ3n) is 4.76. The van der Waals surface area contributed by atoms with Crippen LogP contribution in [-0.4, -0.2) is 23.9 Å². The van der Waals surface area contributed by atoms with Gasteiger partial charge in [-0.15, -0.1) is 0 Å². The number of fused-ring (bicyclic) bond motifs is 1. The Morgan fingerprint density at radius 2 is 1.85 bits per heavy atom. The van der Waals surface area contributed by atoms with E-state index in [-0.39, 0.29) is 18.3 Å². The summed E-state index contributed by atoms with van der Waals surface area (Å²) in [6.07, 6.45) is 0.312. The summed E-state index contributed by atoms with van der Waals surface area (Å²) in [4.78, 5) is 24.6. The van der Waals surface area contributed by atoms with Crippen LogP contribution in [0.3, 0.4) is 0 Å². The van der Waals surface area contributed by atoms with Crippen molar-refractivity contribution in [2.75, 3.05) is 11.9 Å². The summed E-state index contributed by atoms with van der Waals surface area (Å²) >= 11 is 0. The number of hydrogen-bond donors (Lipinski definition) is 1. The third kappa shape index (κ3) is 4.13. The van der Waals surface area contributed by atoms with Gasteiger partial charge in [-0.2, -0.15) is 0 Å². The molecule has 27 heavy (non-hydrogen) atoms. The summed E-state index contributed by atoms with van der Waals surface area (Å²) in [6.45, 7) is 9.61. The zero-order valence-electron chi connectivity index (χ0n) is 16.4. The average molecular weight is 367 g/mol. The molecule has 0 aromatic heterocycles. The number of benzene rings is 2. The molecule has 0 bridgehead atoms. The predicted octanol–water partition coefficient (Wildman–Crippen LogP) is 4.37. The molecule has 0 unspecified atom stereocenters. The zero-order chi connectivity index (χ0) is 19.8. The fourth-order valence-electron chi connectivity index (χ4n) is 3.21. The number of Topliss-reactive ketones (excluding diaryl/α,β-unsaturated/α-hetero) is 1. The number of carbonyl (C=O) groups is 2. The number of carbonyl (C=O) groups excluding carboxylic acids is 2. The van der Waals surface area contributed by atoms with E-state index in [1.807, 2.05) is 46.8 Å². The van der Waals surface area contributed by atoms with Crippen molar-refractivity contribution in [1.29, 1.82) is 0 Å². The Bertz CT molecular complexity index is 915. The fourth-order valence-corrected chi connectivity index (χ4v) is 3.21. The minimum Gasteiger partial charge on any atom is -0.487 e. The van der Waals surface area contributed by atoms with Crippen molar-refractivity contribution in [2.24, 2.45) is 0 Å². The van der Waals surface area contributed by atoms with Crippen LogP contribution in [0.5, 0.6) is 11.5 Å². The summed E-state index contributed by atoms with van der Waals surface area (Å²) < 4.78 is 11.6. The van der Waals surface area contributed by atoms with Gasteiger partial charge in [-0.05, 0) is 69.5 Å². The zero-order valence-corrected chi connectivity index (χ0v) is 16.4. The topological polar surface area (TPSA) is 64.6 Å². The van der Waals surface area contributed by atoms with Crippen molar-refractivity contribution in [3.8, 4) is 11.5 Å². The molecule has 0 saturated heterocycles. The first-order valence-corrected chi connectivity index (χ1v) is 9.02. The van der Waals surface area contributed by atoms with Crippen LogP contribution in [0.15, 0.2) is 30.3 Å². The van der Waals surface area contributed by atoms with Gasteiger partial charge in [0.1, 0.15) is 17.1 Å². The highest BCUT2D eigenvalue weighted by atomic mass is 16.5. The maximum absolute atomic E-state index is 12.3. The van der Waals surface area contributed by atoms with Crippen molar-refractivity contribution in [2.45, 2.75) is 46.6 Å². The number of anilines is 1. The number of hydrogen-bond acceptors (Lipinski definition) is 4. The Balaban J connectivity index is 1.68. The number of ether oxygens (including phenoxy) is 2. The maximum Gasteiger partial charge on any atom is 0.262 e. The number of amides is 1. The van der Waals surface area contributed by atoms with E-state index in [1.165, 1.54) is 0 Å². The van der Waals surface area contributed by atoms with Gasteiger partial charge in [0.2, 0.25) is 0 Å². The molecule has 3 rings (SSSR count). The van der Waals surface area contributed by atoms with Gasteiger partial charge in [0.15, 0.2) is 12.4 Å². The molecule has 1 aliphatic heterocycles. The molecule has 142 valence electrons. The summed E-state index contributed by atoms with van der Waals surface area (Å²) in [7, 11) is 0. The lowest BCUT2D eigenvalue weighted by Crippen LogP contribution is -2.35. The monoisotopic (exact) mass is 367 g/mol. The SMILES string of the molecule is Cc1ccc(C)c(OCC(=O)Nc2ccc3c(c2)C(=O)CC(C)(C)O3)c1C. The molecule has 1 heterocycles. The van der Waals surface area contributed by atoms with Crippen LogP contribution in [0, 0.1) is 20.8 Å². The number of nitrogens with one attached hydrogen (secondary N) is 1. The minimum atomic E-state index is -0.508. The number of aryl methyl sites for hydroxylation is 2. The van der Waals surface area contributed by atoms with Crippen molar-refractivity contribution in [3.63, 3.8) is 0 Å². The van der Waals surface area contributed by atoms with E-state index in [9.17, 15) is 9.59 Å². The standard InChI is InChI=1S/C22H25NO4/c1-13-6-7-14(2)21(15(13)3)26-12-20(25)23-16-8-9-19-17(10-16)18(24)11-22(4,5)27-19/h6-10H,11-12H2,1-5H3,(H,23,25). The Morgan fingerprint density at radius 1 is 1.15 bits per heavy atom. The second-order valence-electron chi connectivity index (χ2n) is 7.66. The molecule has 1 aliphatic rings. The van der Waals surface area contributed by atoms with Crippen LogP contribution in [0.25, 0.3) is 0 Å². The molecule has 0 atom stereocenters. The van der Waals surface area contributed by atoms with Gasteiger partial charge < -0.3 is 14.8 Å². The molecule has 0 aliphatic carbocycles. The lowest BCUT2D eigenvalue weighted by atomic mass is 9.93. The average Bonchev–Trinajstić information content (AvgIpc) is 2.58. The number of ketones is 1. The van der Waals surface area contributed by atoms with E-state index in [4.69, 9.17) is 9.47 Å². The quantitative estimate of drug-likeness (QED) is 0.871. The second-order valence-corrected chi connectivity index (χ2v) is 7.66. The molecule has 5 nitrogen and oxygen atoms in total. The maximum atomic E-state index is 12.3. The summed E-state index contributed by atoms with van der Waals surface area (Å²) in [5.74, 6) is 1.03. The van der Waals surface area contributed by atoms with Crippen molar-refractivity contribution in [3.05, 3.63) is 52.6 Å². The Kier molecular flexibility index (Phi) is 4.96. The Labute approximate surface area is 159 Å². The third-order valence-corrected chi connectivity index (χ3v) is 4.76. The van der Waals surface area contributed by atoms with Gasteiger partial charge in [0, 0.05) is 5.69 Å². The van der Waals surface area contributed by atoms with Crippen LogP contribution in [0.1, 0.15) is 47.3 Å². The molecule has 0 spiro atoms. The summed E-state index contributed by atoms with van der Waals surface area (Å²) in [6, 6.07) is 9.12. The van der Waals surface area contributed by atoms with E-state index < -0.39 is 5.60 Å². The van der Waals surface area contributed by atoms with Crippen molar-refractivity contribution in [1.82, 2.24) is 0 Å². The van der Waals surface area contributed by atoms with E-state index >= 15 is 0 Å². The van der Waals surface area contributed by atoms with Crippen molar-refractivity contribution >= 4 is 17.4 Å². The first kappa shape index (κ1) is 19.0. The smallest absolute Gasteiger partial charge is 0.262 e. The van der Waals surface area contributed by atoms with Gasteiger partial charge in [-0.25, -0.2) is 0 Å². The normalized spacial score (nSPS) is 14.9. The lowest BCUT2D eigenvalue weighted by Gasteiger charge is -2.31. The van der Waals surface area contributed by atoms with E-state index in [0.717, 1.165) is 22.4 Å². The molecular formula is C22H25NO4. The van der Waals surface area contributed by atoms with E-state index in [1.54, 1.807) is 18.2 Å². The highest BCUT2D eigenvalue weighted by Gasteiger charge is 2.32. The molecule has 0 fully saturated rings. The van der Waals surface area contributed by atoms with E-state index in [2.05, 4.69) is 5.32 Å². The predicted molar refractivity (Wildman–Crippen MR) is 105 cm³/mol. The highest BCUT2D eigenvalue weighted by molar-refractivity contribution is 6.02. The van der Waals surface area contributed by atoms with Gasteiger partial charge in [0.25, 0.3) is 5.91 Å². The second kappa shape index (κ2) is 7.06. The molecule has 0 saturated carbocycles. The van der Waals surface area contributed by atoms with Crippen LogP contribution >= 0.6 is 0 Å². The van der Waals surface area contributed by atoms with Crippen LogP contribution < -0.4 is 14.8 Å². The minimum absolute atomic E-state index is 0.0135. The molecular weight excluding hydrogens is 342 g/mol. The van der Waals surface area contributed by atoms with Crippen LogP contribution in [0.4, 0.5) is 5.69 Å². The Morgan fingerprint density at radius 3 is 2.59 bits per heavy atom. The van der Waals surface area contributed by atoms with Crippen LogP contribution in [0.2, 0.25) is 0 Å². The lowest BCUT2D eigenvalue weighted by molar-refractivity contribution is -0.118. The Hall–Kier alpha value is -2.82. The van der Waals surface area contributed by atoms with Gasteiger partial charge >= 0.3 is 0 Å². The largest absolute Gasteiger partial charge is 0.487 e. The molecule has 1 N–H and O–H groups in total. The van der Waals surface area contributed by atoms with E-state index in [0.29, 0.717) is 23.4 Å². The number of rotatable bonds is 4. The summed E-state index contributed by atoms with van der Waals surface area (Å²) in [5.41, 5.74) is 3.68. The molecule has 2 aromatic carbocycles. The summed E-state index contributed by atoms with van der Waals surface area (Å²) in [5, 5.41) is 2.79. The molecule has 5 heteroatoms. The molecule has 0 radical (unpaired) electrons. The van der Waals surface area contributed by atoms with Crippen LogP contribution in [-0.2, 0) is 4.79 Å². The molecule has 2 aromatic rings. The van der Waals surface area contributed by atoms with Gasteiger partial charge in [-0.3, -0.25) is 9.59 Å². The fraction of sp³-hybridized carbons (Fsp3) is 0.364. The van der Waals surface area contributed by atoms with Crippen molar-refractivity contribution < 1.29 is 19.1 Å². The van der Waals surface area contributed by atoms with Gasteiger partial charge in [0.05, 0.1) is 12.0 Å². The van der Waals surface area contributed by atoms with Gasteiger partial charge in [-0.1, -0.05) is 12.1 Å². The first-order valence-electron chi connectivity index (χ1n) is 9.02. The molecule has 1 amide bonds.